The molecule has 98 valence electrons. The third-order valence-corrected chi connectivity index (χ3v) is 3.66. The molecule has 0 radical (unpaired) electrons. The lowest BCUT2D eigenvalue weighted by Crippen LogP contribution is -2.32. The second-order valence-electron chi connectivity index (χ2n) is 5.05. The normalized spacial score (nSPS) is 22.9. The van der Waals surface area contributed by atoms with Gasteiger partial charge in [0.05, 0.1) is 6.10 Å². The molecule has 1 aromatic carbocycles. The molecule has 18 heavy (non-hydrogen) atoms. The molecule has 1 aliphatic carbocycles. The van der Waals surface area contributed by atoms with Crippen LogP contribution in [0.2, 0.25) is 0 Å². The highest BCUT2D eigenvalue weighted by Gasteiger charge is 2.25. The Balaban J connectivity index is 1.66. The summed E-state index contributed by atoms with van der Waals surface area (Å²) in [5.74, 6) is 0.337. The Kier molecular flexibility index (Phi) is 4.76. The second kappa shape index (κ2) is 6.55. The highest BCUT2D eigenvalue weighted by atomic mass is 16.3. The molecule has 1 aromatic rings. The first kappa shape index (κ1) is 13.1. The van der Waals surface area contributed by atoms with Crippen LogP contribution in [0.3, 0.4) is 0 Å². The van der Waals surface area contributed by atoms with Crippen LogP contribution in [0.1, 0.15) is 31.2 Å². The average molecular weight is 247 g/mol. The number of hydrogen-bond donors (Lipinski definition) is 2. The van der Waals surface area contributed by atoms with Gasteiger partial charge < -0.3 is 10.4 Å². The molecule has 0 bridgehead atoms. The van der Waals surface area contributed by atoms with E-state index >= 15 is 0 Å². The maximum absolute atomic E-state index is 11.7. The number of carbonyl (C=O) groups is 1. The van der Waals surface area contributed by atoms with Gasteiger partial charge in [-0.05, 0) is 24.8 Å². The molecular weight excluding hydrogens is 226 g/mol. The molecule has 3 heteroatoms. The van der Waals surface area contributed by atoms with E-state index in [4.69, 9.17) is 0 Å². The number of nitrogens with one attached hydrogen (secondary N) is 1. The zero-order valence-electron chi connectivity index (χ0n) is 10.6. The van der Waals surface area contributed by atoms with Crippen molar-refractivity contribution in [2.75, 3.05) is 6.54 Å². The molecule has 0 aliphatic heterocycles. The first-order valence-electron chi connectivity index (χ1n) is 6.74. The van der Waals surface area contributed by atoms with Crippen molar-refractivity contribution in [2.24, 2.45) is 5.92 Å². The number of benzene rings is 1. The van der Waals surface area contributed by atoms with Gasteiger partial charge in [-0.3, -0.25) is 4.79 Å². The van der Waals surface area contributed by atoms with Gasteiger partial charge in [-0.1, -0.05) is 36.8 Å². The van der Waals surface area contributed by atoms with Gasteiger partial charge in [-0.25, -0.2) is 0 Å². The molecular formula is C15H21NO2. The SMILES string of the molecule is O=C(CCc1ccccc1)NCC1CCCC1O. The van der Waals surface area contributed by atoms with E-state index in [1.165, 1.54) is 5.56 Å². The van der Waals surface area contributed by atoms with Crippen molar-refractivity contribution in [3.05, 3.63) is 35.9 Å². The molecule has 2 N–H and O–H groups in total. The standard InChI is InChI=1S/C15H21NO2/c17-14-8-4-7-13(14)11-16-15(18)10-9-12-5-2-1-3-6-12/h1-3,5-6,13-14,17H,4,7-11H2,(H,16,18). The number of hydrogen-bond acceptors (Lipinski definition) is 2. The monoisotopic (exact) mass is 247 g/mol. The summed E-state index contributed by atoms with van der Waals surface area (Å²) in [7, 11) is 0. The van der Waals surface area contributed by atoms with Crippen molar-refractivity contribution < 1.29 is 9.90 Å². The third kappa shape index (κ3) is 3.84. The van der Waals surface area contributed by atoms with Crippen LogP contribution in [-0.2, 0) is 11.2 Å². The van der Waals surface area contributed by atoms with Gasteiger partial charge in [-0.2, -0.15) is 0 Å². The molecule has 0 heterocycles. The van der Waals surface area contributed by atoms with E-state index in [2.05, 4.69) is 5.32 Å². The smallest absolute Gasteiger partial charge is 0.220 e. The number of amides is 1. The van der Waals surface area contributed by atoms with Crippen molar-refractivity contribution in [3.8, 4) is 0 Å². The average Bonchev–Trinajstić information content (AvgIpc) is 2.81. The van der Waals surface area contributed by atoms with Gasteiger partial charge in [0, 0.05) is 18.9 Å². The summed E-state index contributed by atoms with van der Waals surface area (Å²) in [4.78, 5) is 11.7. The summed E-state index contributed by atoms with van der Waals surface area (Å²) in [5.41, 5.74) is 1.19. The third-order valence-electron chi connectivity index (χ3n) is 3.66. The van der Waals surface area contributed by atoms with Crippen LogP contribution in [-0.4, -0.2) is 23.7 Å². The van der Waals surface area contributed by atoms with Crippen LogP contribution < -0.4 is 5.32 Å². The lowest BCUT2D eigenvalue weighted by molar-refractivity contribution is -0.121. The van der Waals surface area contributed by atoms with E-state index in [0.717, 1.165) is 25.7 Å². The number of aliphatic hydroxyl groups excluding tert-OH is 1. The summed E-state index contributed by atoms with van der Waals surface area (Å²) in [6, 6.07) is 10.0. The Hall–Kier alpha value is -1.35. The minimum atomic E-state index is -0.223. The lowest BCUT2D eigenvalue weighted by Gasteiger charge is -2.14. The van der Waals surface area contributed by atoms with Gasteiger partial charge in [0.15, 0.2) is 0 Å². The molecule has 0 saturated heterocycles. The van der Waals surface area contributed by atoms with Gasteiger partial charge in [0.25, 0.3) is 0 Å². The number of carbonyl (C=O) groups excluding carboxylic acids is 1. The number of rotatable bonds is 5. The highest BCUT2D eigenvalue weighted by molar-refractivity contribution is 5.76. The van der Waals surface area contributed by atoms with E-state index in [-0.39, 0.29) is 17.9 Å². The molecule has 1 fully saturated rings. The Morgan fingerprint density at radius 2 is 2.06 bits per heavy atom. The molecule has 1 aliphatic rings. The summed E-state index contributed by atoms with van der Waals surface area (Å²) >= 11 is 0. The summed E-state index contributed by atoms with van der Waals surface area (Å²) in [6.07, 6.45) is 4.06. The minimum Gasteiger partial charge on any atom is -0.393 e. The van der Waals surface area contributed by atoms with Gasteiger partial charge >= 0.3 is 0 Å². The van der Waals surface area contributed by atoms with Crippen molar-refractivity contribution in [1.82, 2.24) is 5.32 Å². The van der Waals surface area contributed by atoms with Crippen molar-refractivity contribution in [3.63, 3.8) is 0 Å². The topological polar surface area (TPSA) is 49.3 Å². The first-order valence-corrected chi connectivity index (χ1v) is 6.74. The van der Waals surface area contributed by atoms with Gasteiger partial charge in [0.1, 0.15) is 0 Å². The van der Waals surface area contributed by atoms with E-state index < -0.39 is 0 Å². The van der Waals surface area contributed by atoms with Crippen molar-refractivity contribution in [2.45, 2.75) is 38.2 Å². The Bertz CT molecular complexity index is 377. The molecule has 0 aromatic heterocycles. The number of aliphatic hydroxyl groups is 1. The Morgan fingerprint density at radius 1 is 1.28 bits per heavy atom. The van der Waals surface area contributed by atoms with Crippen LogP contribution >= 0.6 is 0 Å². The molecule has 0 spiro atoms. The van der Waals surface area contributed by atoms with E-state index in [1.54, 1.807) is 0 Å². The van der Waals surface area contributed by atoms with Crippen LogP contribution in [0, 0.1) is 5.92 Å². The maximum Gasteiger partial charge on any atom is 0.220 e. The fourth-order valence-corrected chi connectivity index (χ4v) is 2.49. The molecule has 2 unspecified atom stereocenters. The van der Waals surface area contributed by atoms with E-state index in [0.29, 0.717) is 13.0 Å². The van der Waals surface area contributed by atoms with Crippen molar-refractivity contribution >= 4 is 5.91 Å². The largest absolute Gasteiger partial charge is 0.393 e. The van der Waals surface area contributed by atoms with Gasteiger partial charge in [0.2, 0.25) is 5.91 Å². The Morgan fingerprint density at radius 3 is 2.72 bits per heavy atom. The van der Waals surface area contributed by atoms with E-state index in [1.807, 2.05) is 30.3 Å². The molecule has 2 atom stereocenters. The highest BCUT2D eigenvalue weighted by Crippen LogP contribution is 2.24. The second-order valence-corrected chi connectivity index (χ2v) is 5.05. The van der Waals surface area contributed by atoms with Crippen LogP contribution in [0.5, 0.6) is 0 Å². The summed E-state index contributed by atoms with van der Waals surface area (Å²) < 4.78 is 0. The first-order chi connectivity index (χ1) is 8.75. The minimum absolute atomic E-state index is 0.0814. The number of aryl methyl sites for hydroxylation is 1. The lowest BCUT2D eigenvalue weighted by atomic mass is 10.1. The zero-order valence-corrected chi connectivity index (χ0v) is 10.6. The van der Waals surface area contributed by atoms with Gasteiger partial charge in [-0.15, -0.1) is 0 Å². The molecule has 1 amide bonds. The molecule has 2 rings (SSSR count). The van der Waals surface area contributed by atoms with Crippen LogP contribution in [0.15, 0.2) is 30.3 Å². The van der Waals surface area contributed by atoms with Crippen LogP contribution in [0.25, 0.3) is 0 Å². The summed E-state index contributed by atoms with van der Waals surface area (Å²) in [6.45, 7) is 0.620. The van der Waals surface area contributed by atoms with Crippen LogP contribution in [0.4, 0.5) is 0 Å². The zero-order chi connectivity index (χ0) is 12.8. The summed E-state index contributed by atoms with van der Waals surface area (Å²) in [5, 5.41) is 12.6. The molecule has 1 saturated carbocycles. The Labute approximate surface area is 108 Å². The fraction of sp³-hybridized carbons (Fsp3) is 0.533. The fourth-order valence-electron chi connectivity index (χ4n) is 2.49. The quantitative estimate of drug-likeness (QED) is 0.835. The van der Waals surface area contributed by atoms with Crippen molar-refractivity contribution in [1.29, 1.82) is 0 Å². The maximum atomic E-state index is 11.7. The molecule has 3 nitrogen and oxygen atoms in total. The predicted molar refractivity (Wildman–Crippen MR) is 71.1 cm³/mol. The predicted octanol–water partition coefficient (Wildman–Crippen LogP) is 1.90. The van der Waals surface area contributed by atoms with E-state index in [9.17, 15) is 9.90 Å².